The van der Waals surface area contributed by atoms with Crippen molar-refractivity contribution in [2.75, 3.05) is 5.32 Å². The monoisotopic (exact) mass is 516 g/mol. The van der Waals surface area contributed by atoms with Gasteiger partial charge in [-0.25, -0.2) is 19.7 Å². The summed E-state index contributed by atoms with van der Waals surface area (Å²) >= 11 is 1.40. The third-order valence-electron chi connectivity index (χ3n) is 6.22. The van der Waals surface area contributed by atoms with Gasteiger partial charge in [0.05, 0.1) is 22.2 Å². The molecule has 4 aromatic rings. The maximum Gasteiger partial charge on any atom is 0.335 e. The molecular weight excluding hydrogens is 488 g/mol. The number of pyridine rings is 2. The lowest BCUT2D eigenvalue weighted by molar-refractivity contribution is 0.0607. The smallest absolute Gasteiger partial charge is 0.335 e. The molecule has 0 saturated carbocycles. The second-order valence-electron chi connectivity index (χ2n) is 9.50. The summed E-state index contributed by atoms with van der Waals surface area (Å²) < 4.78 is 5.76. The van der Waals surface area contributed by atoms with Crippen molar-refractivity contribution in [1.82, 2.24) is 15.0 Å². The number of nitrogens with zero attached hydrogens (tertiary/aromatic N) is 3. The zero-order valence-corrected chi connectivity index (χ0v) is 21.7. The largest absolute Gasteiger partial charge is 0.491 e. The fourth-order valence-electron chi connectivity index (χ4n) is 4.63. The quantitative estimate of drug-likeness (QED) is 0.286. The molecule has 0 spiro atoms. The van der Waals surface area contributed by atoms with Gasteiger partial charge >= 0.3 is 5.97 Å². The molecule has 5 rings (SSSR count). The van der Waals surface area contributed by atoms with E-state index in [4.69, 9.17) is 9.72 Å². The summed E-state index contributed by atoms with van der Waals surface area (Å²) in [5, 5.41) is 24.9. The Hall–Kier alpha value is -3.82. The van der Waals surface area contributed by atoms with Crippen molar-refractivity contribution >= 4 is 28.9 Å². The van der Waals surface area contributed by atoms with Gasteiger partial charge in [-0.2, -0.15) is 0 Å². The molecule has 0 radical (unpaired) electrons. The van der Waals surface area contributed by atoms with Crippen LogP contribution in [0.3, 0.4) is 0 Å². The Labute approximate surface area is 219 Å². The van der Waals surface area contributed by atoms with Crippen LogP contribution in [0, 0.1) is 6.92 Å². The number of carbonyl (C=O) groups is 1. The summed E-state index contributed by atoms with van der Waals surface area (Å²) in [5.74, 6) is 1.02. The number of benzene rings is 1. The molecule has 9 heteroatoms. The first-order chi connectivity index (χ1) is 17.7. The number of anilines is 2. The number of nitrogens with one attached hydrogen (secondary N) is 1. The van der Waals surface area contributed by atoms with Gasteiger partial charge in [-0.3, -0.25) is 0 Å². The lowest BCUT2D eigenvalue weighted by Gasteiger charge is -2.33. The van der Waals surface area contributed by atoms with Crippen LogP contribution in [0.2, 0.25) is 0 Å². The average Bonchev–Trinajstić information content (AvgIpc) is 3.35. The lowest BCUT2D eigenvalue weighted by Crippen LogP contribution is -2.32. The van der Waals surface area contributed by atoms with Gasteiger partial charge in [-0.05, 0) is 87.1 Å². The zero-order valence-electron chi connectivity index (χ0n) is 20.9. The SMILES string of the molecule is Cc1cc(Nc2cc(OC(C)C)ccn2)nc(-c2cnc([C@@]3(O)CCCc4cc(C(=O)O)ccc43)s2)c1. The average molecular weight is 517 g/mol. The van der Waals surface area contributed by atoms with E-state index in [2.05, 4.69) is 15.3 Å². The maximum atomic E-state index is 11.7. The van der Waals surface area contributed by atoms with Crippen molar-refractivity contribution in [2.45, 2.75) is 51.7 Å². The van der Waals surface area contributed by atoms with Gasteiger partial charge in [-0.15, -0.1) is 11.3 Å². The van der Waals surface area contributed by atoms with Crippen LogP contribution < -0.4 is 10.1 Å². The molecule has 190 valence electrons. The van der Waals surface area contributed by atoms with Crippen LogP contribution in [0.1, 0.15) is 58.7 Å². The highest BCUT2D eigenvalue weighted by Gasteiger charge is 2.39. The summed E-state index contributed by atoms with van der Waals surface area (Å²) in [5.41, 5.74) is 2.28. The topological polar surface area (TPSA) is 117 Å². The number of carboxylic acid groups (broad SMARTS) is 1. The first kappa shape index (κ1) is 24.9. The number of hydrogen-bond acceptors (Lipinski definition) is 8. The molecule has 37 heavy (non-hydrogen) atoms. The predicted molar refractivity (Wildman–Crippen MR) is 143 cm³/mol. The Bertz CT molecular complexity index is 1470. The Morgan fingerprint density at radius 3 is 2.76 bits per heavy atom. The summed E-state index contributed by atoms with van der Waals surface area (Å²) in [4.78, 5) is 26.0. The number of rotatable bonds is 7. The molecule has 1 aromatic carbocycles. The van der Waals surface area contributed by atoms with Crippen LogP contribution in [0.4, 0.5) is 11.6 Å². The minimum atomic E-state index is -1.26. The van der Waals surface area contributed by atoms with Gasteiger partial charge in [-0.1, -0.05) is 6.07 Å². The number of aromatic nitrogens is 3. The van der Waals surface area contributed by atoms with Gasteiger partial charge in [0.1, 0.15) is 28.0 Å². The van der Waals surface area contributed by atoms with Crippen molar-refractivity contribution < 1.29 is 19.7 Å². The highest BCUT2D eigenvalue weighted by molar-refractivity contribution is 7.15. The number of aromatic carboxylic acids is 1. The molecular formula is C28H28N4O4S. The fourth-order valence-corrected chi connectivity index (χ4v) is 5.64. The molecule has 3 aromatic heterocycles. The van der Waals surface area contributed by atoms with Crippen molar-refractivity contribution in [3.8, 4) is 16.3 Å². The Morgan fingerprint density at radius 2 is 1.97 bits per heavy atom. The molecule has 1 atom stereocenters. The summed E-state index contributed by atoms with van der Waals surface area (Å²) in [6, 6.07) is 12.5. The van der Waals surface area contributed by atoms with Gasteiger partial charge < -0.3 is 20.3 Å². The van der Waals surface area contributed by atoms with Gasteiger partial charge in [0.25, 0.3) is 0 Å². The highest BCUT2D eigenvalue weighted by atomic mass is 32.1. The molecule has 0 aliphatic heterocycles. The zero-order chi connectivity index (χ0) is 26.2. The minimum absolute atomic E-state index is 0.0599. The number of hydrogen-bond donors (Lipinski definition) is 3. The van der Waals surface area contributed by atoms with Crippen LogP contribution >= 0.6 is 11.3 Å². The van der Waals surface area contributed by atoms with Gasteiger partial charge in [0.15, 0.2) is 0 Å². The summed E-state index contributed by atoms with van der Waals surface area (Å²) in [7, 11) is 0. The molecule has 0 saturated heterocycles. The Kier molecular flexibility index (Phi) is 6.66. The van der Waals surface area contributed by atoms with Crippen LogP contribution in [0.25, 0.3) is 10.6 Å². The molecule has 0 fully saturated rings. The normalized spacial score (nSPS) is 16.9. The second-order valence-corrected chi connectivity index (χ2v) is 10.5. The fraction of sp³-hybridized carbons (Fsp3) is 0.286. The van der Waals surface area contributed by atoms with Crippen LogP contribution in [0.5, 0.6) is 5.75 Å². The molecule has 1 aliphatic carbocycles. The van der Waals surface area contributed by atoms with E-state index < -0.39 is 11.6 Å². The predicted octanol–water partition coefficient (Wildman–Crippen LogP) is 5.71. The minimum Gasteiger partial charge on any atom is -0.491 e. The van der Waals surface area contributed by atoms with E-state index >= 15 is 0 Å². The first-order valence-corrected chi connectivity index (χ1v) is 13.0. The van der Waals surface area contributed by atoms with E-state index in [-0.39, 0.29) is 11.7 Å². The molecule has 3 N–H and O–H groups in total. The molecule has 8 nitrogen and oxygen atoms in total. The van der Waals surface area contributed by atoms with Crippen molar-refractivity contribution in [2.24, 2.45) is 0 Å². The third-order valence-corrected chi connectivity index (χ3v) is 7.39. The molecule has 1 aliphatic rings. The van der Waals surface area contributed by atoms with Crippen molar-refractivity contribution in [3.63, 3.8) is 0 Å². The van der Waals surface area contributed by atoms with E-state index in [9.17, 15) is 15.0 Å². The van der Waals surface area contributed by atoms with E-state index in [0.29, 0.717) is 23.1 Å². The Morgan fingerprint density at radius 1 is 1.14 bits per heavy atom. The van der Waals surface area contributed by atoms with Crippen molar-refractivity contribution in [3.05, 3.63) is 82.1 Å². The number of thiazole rings is 1. The number of carboxylic acids is 1. The first-order valence-electron chi connectivity index (χ1n) is 12.2. The molecule has 0 amide bonds. The molecule has 3 heterocycles. The highest BCUT2D eigenvalue weighted by Crippen LogP contribution is 2.43. The van der Waals surface area contributed by atoms with Crippen LogP contribution in [-0.2, 0) is 12.0 Å². The van der Waals surface area contributed by atoms with Gasteiger partial charge in [0, 0.05) is 18.5 Å². The van der Waals surface area contributed by atoms with E-state index in [1.807, 2.05) is 45.0 Å². The summed E-state index contributed by atoms with van der Waals surface area (Å²) in [6.45, 7) is 5.94. The second kappa shape index (κ2) is 9.91. The van der Waals surface area contributed by atoms with Crippen LogP contribution in [-0.4, -0.2) is 37.2 Å². The number of fused-ring (bicyclic) bond motifs is 1. The molecule has 0 unspecified atom stereocenters. The number of ether oxygens (including phenoxy) is 1. The van der Waals surface area contributed by atoms with Crippen molar-refractivity contribution in [1.29, 1.82) is 0 Å². The Balaban J connectivity index is 1.44. The third kappa shape index (κ3) is 5.19. The van der Waals surface area contributed by atoms with E-state index in [1.54, 1.807) is 30.6 Å². The number of aliphatic hydroxyl groups is 1. The standard InChI is InChI=1S/C28H28N4O4S/c1-16(2)36-20-8-10-29-24(14-20)32-25-12-17(3)11-22(31-25)23-15-30-27(37-23)28(35)9-4-5-18-13-19(26(33)34)6-7-21(18)28/h6-8,10-16,35H,4-5,9H2,1-3H3,(H,33,34)(H,29,31,32)/t28-/m1/s1. The maximum absolute atomic E-state index is 11.7. The summed E-state index contributed by atoms with van der Waals surface area (Å²) in [6.07, 6.45) is 5.47. The van der Waals surface area contributed by atoms with E-state index in [0.717, 1.165) is 45.9 Å². The number of aryl methyl sites for hydroxylation is 2. The van der Waals surface area contributed by atoms with Crippen LogP contribution in [0.15, 0.2) is 54.9 Å². The lowest BCUT2D eigenvalue weighted by atomic mass is 9.79. The van der Waals surface area contributed by atoms with E-state index in [1.165, 1.54) is 11.3 Å². The molecule has 0 bridgehead atoms. The van der Waals surface area contributed by atoms with Gasteiger partial charge in [0.2, 0.25) is 0 Å².